The molecule has 0 bridgehead atoms. The first-order valence-electron chi connectivity index (χ1n) is 7.13. The van der Waals surface area contributed by atoms with E-state index in [1.165, 1.54) is 4.90 Å². The average Bonchev–Trinajstić information content (AvgIpc) is 3.29. The normalized spacial score (nSPS) is 16.9. The van der Waals surface area contributed by atoms with E-state index in [1.54, 1.807) is 37.6 Å². The lowest BCUT2D eigenvalue weighted by molar-refractivity contribution is -0.138. The van der Waals surface area contributed by atoms with Gasteiger partial charge in [0.2, 0.25) is 0 Å². The molecule has 1 aliphatic rings. The summed E-state index contributed by atoms with van der Waals surface area (Å²) in [6.07, 6.45) is 3.97. The van der Waals surface area contributed by atoms with Crippen molar-refractivity contribution in [3.63, 3.8) is 0 Å². The molecule has 3 nitrogen and oxygen atoms in total. The Hall–Kier alpha value is -1.94. The second-order valence-electron chi connectivity index (χ2n) is 5.62. The highest BCUT2D eigenvalue weighted by atomic mass is 35.5. The summed E-state index contributed by atoms with van der Waals surface area (Å²) in [5.41, 5.74) is 0.0178. The molecule has 1 atom stereocenters. The maximum Gasteiger partial charge on any atom is 0.260 e. The van der Waals surface area contributed by atoms with Crippen molar-refractivity contribution < 1.29 is 9.18 Å². The van der Waals surface area contributed by atoms with Crippen LogP contribution in [0.1, 0.15) is 30.0 Å². The Bertz CT molecular complexity index is 671. The molecule has 114 valence electrons. The van der Waals surface area contributed by atoms with Gasteiger partial charge in [0, 0.05) is 24.5 Å². The summed E-state index contributed by atoms with van der Waals surface area (Å²) < 4.78 is 14.2. The predicted octanol–water partition coefficient (Wildman–Crippen LogP) is 3.78. The van der Waals surface area contributed by atoms with Gasteiger partial charge in [-0.25, -0.2) is 4.39 Å². The molecule has 1 aliphatic carbocycles. The number of nitrogens with zero attached hydrogens (tertiary/aromatic N) is 2. The van der Waals surface area contributed by atoms with Gasteiger partial charge in [-0.1, -0.05) is 29.8 Å². The highest BCUT2D eigenvalue weighted by molar-refractivity contribution is 6.30. The van der Waals surface area contributed by atoms with Crippen LogP contribution in [0.4, 0.5) is 4.39 Å². The standard InChI is InChI=1S/C17H16ClFN2O/c1-21(16(22)17(19)8-9-17)15(13-3-2-10-20-11-13)12-4-6-14(18)7-5-12/h2-7,10-11,15H,8-9H2,1H3. The molecule has 0 N–H and O–H groups in total. The maximum atomic E-state index is 14.2. The topological polar surface area (TPSA) is 33.2 Å². The molecular weight excluding hydrogens is 303 g/mol. The third-order valence-corrected chi connectivity index (χ3v) is 4.22. The minimum Gasteiger partial charge on any atom is -0.332 e. The lowest BCUT2D eigenvalue weighted by atomic mass is 9.98. The van der Waals surface area contributed by atoms with E-state index in [1.807, 2.05) is 18.2 Å². The number of carbonyl (C=O) groups is 1. The van der Waals surface area contributed by atoms with Gasteiger partial charge < -0.3 is 4.90 Å². The van der Waals surface area contributed by atoms with Crippen molar-refractivity contribution in [1.29, 1.82) is 0 Å². The summed E-state index contributed by atoms with van der Waals surface area (Å²) in [6, 6.07) is 10.5. The molecule has 1 amide bonds. The Morgan fingerprint density at radius 3 is 2.50 bits per heavy atom. The molecule has 1 saturated carbocycles. The third-order valence-electron chi connectivity index (χ3n) is 3.97. The number of amides is 1. The van der Waals surface area contributed by atoms with Gasteiger partial charge in [-0.3, -0.25) is 9.78 Å². The van der Waals surface area contributed by atoms with Crippen LogP contribution in [0.15, 0.2) is 48.8 Å². The van der Waals surface area contributed by atoms with E-state index in [4.69, 9.17) is 11.6 Å². The number of alkyl halides is 1. The fourth-order valence-electron chi connectivity index (χ4n) is 2.58. The summed E-state index contributed by atoms with van der Waals surface area (Å²) in [5.74, 6) is -0.476. The van der Waals surface area contributed by atoms with Gasteiger partial charge in [-0.05, 0) is 42.2 Å². The van der Waals surface area contributed by atoms with Crippen molar-refractivity contribution in [3.05, 3.63) is 64.9 Å². The first-order valence-corrected chi connectivity index (χ1v) is 7.51. The molecule has 1 aromatic heterocycles. The summed E-state index contributed by atoms with van der Waals surface area (Å²) in [5, 5.41) is 0.617. The number of carbonyl (C=O) groups excluding carboxylic acids is 1. The smallest absolute Gasteiger partial charge is 0.260 e. The Labute approximate surface area is 133 Å². The number of hydrogen-bond donors (Lipinski definition) is 0. The first-order chi connectivity index (χ1) is 10.5. The minimum atomic E-state index is -1.69. The molecule has 5 heteroatoms. The van der Waals surface area contributed by atoms with Gasteiger partial charge in [-0.15, -0.1) is 0 Å². The maximum absolute atomic E-state index is 14.2. The van der Waals surface area contributed by atoms with Crippen molar-refractivity contribution >= 4 is 17.5 Å². The van der Waals surface area contributed by atoms with Gasteiger partial charge >= 0.3 is 0 Å². The average molecular weight is 319 g/mol. The van der Waals surface area contributed by atoms with Crippen molar-refractivity contribution in [2.45, 2.75) is 24.6 Å². The molecule has 22 heavy (non-hydrogen) atoms. The Morgan fingerprint density at radius 2 is 1.95 bits per heavy atom. The van der Waals surface area contributed by atoms with Crippen LogP contribution in [-0.4, -0.2) is 28.5 Å². The zero-order chi connectivity index (χ0) is 15.7. The highest BCUT2D eigenvalue weighted by Crippen LogP contribution is 2.43. The fraction of sp³-hybridized carbons (Fsp3) is 0.294. The fourth-order valence-corrected chi connectivity index (χ4v) is 2.71. The Kier molecular flexibility index (Phi) is 3.87. The van der Waals surface area contributed by atoms with Crippen LogP contribution in [0.2, 0.25) is 5.02 Å². The minimum absolute atomic E-state index is 0.302. The monoisotopic (exact) mass is 318 g/mol. The van der Waals surface area contributed by atoms with Gasteiger partial charge in [0.1, 0.15) is 0 Å². The number of hydrogen-bond acceptors (Lipinski definition) is 2. The molecule has 0 spiro atoms. The molecule has 0 saturated heterocycles. The Morgan fingerprint density at radius 1 is 1.27 bits per heavy atom. The van der Waals surface area contributed by atoms with Crippen LogP contribution < -0.4 is 0 Å². The second kappa shape index (κ2) is 5.69. The highest BCUT2D eigenvalue weighted by Gasteiger charge is 2.53. The molecule has 1 fully saturated rings. The van der Waals surface area contributed by atoms with Gasteiger partial charge in [0.05, 0.1) is 6.04 Å². The van der Waals surface area contributed by atoms with E-state index in [9.17, 15) is 9.18 Å². The van der Waals surface area contributed by atoms with E-state index in [-0.39, 0.29) is 6.04 Å². The van der Waals surface area contributed by atoms with Crippen molar-refractivity contribution in [2.24, 2.45) is 0 Å². The Balaban J connectivity index is 1.99. The number of halogens is 2. The van der Waals surface area contributed by atoms with Gasteiger partial charge in [-0.2, -0.15) is 0 Å². The quantitative estimate of drug-likeness (QED) is 0.859. The summed E-state index contributed by atoms with van der Waals surface area (Å²) in [6.45, 7) is 0. The van der Waals surface area contributed by atoms with E-state index < -0.39 is 11.6 Å². The van der Waals surface area contributed by atoms with Gasteiger partial charge in [0.15, 0.2) is 5.67 Å². The van der Waals surface area contributed by atoms with E-state index in [0.717, 1.165) is 11.1 Å². The lowest BCUT2D eigenvalue weighted by Gasteiger charge is -2.30. The van der Waals surface area contributed by atoms with Gasteiger partial charge in [0.25, 0.3) is 5.91 Å². The predicted molar refractivity (Wildman–Crippen MR) is 83.4 cm³/mol. The lowest BCUT2D eigenvalue weighted by Crippen LogP contribution is -2.38. The van der Waals surface area contributed by atoms with Crippen molar-refractivity contribution in [3.8, 4) is 0 Å². The van der Waals surface area contributed by atoms with E-state index >= 15 is 0 Å². The number of benzene rings is 1. The molecule has 2 aromatic rings. The summed E-state index contributed by atoms with van der Waals surface area (Å²) in [7, 11) is 1.63. The van der Waals surface area contributed by atoms with E-state index in [0.29, 0.717) is 17.9 Å². The molecule has 0 radical (unpaired) electrons. The van der Waals surface area contributed by atoms with Crippen LogP contribution in [0.3, 0.4) is 0 Å². The van der Waals surface area contributed by atoms with Crippen LogP contribution in [0, 0.1) is 0 Å². The first kappa shape index (κ1) is 15.0. The van der Waals surface area contributed by atoms with Crippen LogP contribution in [-0.2, 0) is 4.79 Å². The largest absolute Gasteiger partial charge is 0.332 e. The van der Waals surface area contributed by atoms with E-state index in [2.05, 4.69) is 4.98 Å². The molecule has 1 unspecified atom stereocenters. The number of pyridine rings is 1. The molecule has 1 aromatic carbocycles. The van der Waals surface area contributed by atoms with Crippen LogP contribution in [0.5, 0.6) is 0 Å². The molecular formula is C17H16ClFN2O. The molecule has 1 heterocycles. The van der Waals surface area contributed by atoms with Crippen molar-refractivity contribution in [1.82, 2.24) is 9.88 Å². The number of aromatic nitrogens is 1. The van der Waals surface area contributed by atoms with Crippen LogP contribution >= 0.6 is 11.6 Å². The summed E-state index contributed by atoms with van der Waals surface area (Å²) >= 11 is 5.93. The molecule has 0 aliphatic heterocycles. The molecule has 3 rings (SSSR count). The second-order valence-corrected chi connectivity index (χ2v) is 6.06. The summed E-state index contributed by atoms with van der Waals surface area (Å²) in [4.78, 5) is 18.0. The zero-order valence-corrected chi connectivity index (χ0v) is 12.9. The number of rotatable bonds is 4. The SMILES string of the molecule is CN(C(=O)C1(F)CC1)C(c1ccc(Cl)cc1)c1cccnc1. The van der Waals surface area contributed by atoms with Crippen LogP contribution in [0.25, 0.3) is 0 Å². The third kappa shape index (κ3) is 2.83. The van der Waals surface area contributed by atoms with Crippen molar-refractivity contribution in [2.75, 3.05) is 7.05 Å². The zero-order valence-electron chi connectivity index (χ0n) is 12.2.